The van der Waals surface area contributed by atoms with Crippen LogP contribution in [0, 0.1) is 0 Å². The monoisotopic (exact) mass is 617 g/mol. The molecule has 2 saturated heterocycles. The van der Waals surface area contributed by atoms with E-state index in [1.807, 2.05) is 41.1 Å². The second-order valence-electron chi connectivity index (χ2n) is 9.91. The number of imidazole rings is 1. The summed E-state index contributed by atoms with van der Waals surface area (Å²) in [6.45, 7) is 5.29. The Morgan fingerprint density at radius 3 is 2.60 bits per heavy atom. The summed E-state index contributed by atoms with van der Waals surface area (Å²) in [5.74, 6) is -0.854. The third-order valence-electron chi connectivity index (χ3n) is 7.04. The number of nitrogens with one attached hydrogen (secondary N) is 1. The van der Waals surface area contributed by atoms with Crippen molar-refractivity contribution in [2.45, 2.75) is 25.4 Å². The van der Waals surface area contributed by atoms with E-state index in [0.29, 0.717) is 60.7 Å². The Morgan fingerprint density at radius 1 is 1.12 bits per heavy atom. The molecule has 1 N–H and O–H groups in total. The van der Waals surface area contributed by atoms with Gasteiger partial charge in [-0.25, -0.2) is 9.78 Å². The maximum atomic E-state index is 12.3. The van der Waals surface area contributed by atoms with Crippen molar-refractivity contribution in [3.63, 3.8) is 0 Å². The molecule has 2 aromatic carbocycles. The van der Waals surface area contributed by atoms with Crippen LogP contribution in [-0.2, 0) is 31.3 Å². The molecule has 0 radical (unpaired) electrons. The fourth-order valence-electron chi connectivity index (χ4n) is 4.96. The van der Waals surface area contributed by atoms with E-state index in [-0.39, 0.29) is 31.9 Å². The number of hydrogen-bond acceptors (Lipinski definition) is 8. The lowest BCUT2D eigenvalue weighted by molar-refractivity contribution is -0.189. The second-order valence-corrected chi connectivity index (χ2v) is 10.7. The number of carbonyl (C=O) groups is 2. The highest BCUT2D eigenvalue weighted by atomic mass is 35.5. The fraction of sp³-hybridized carbons (Fsp3) is 0.414. The van der Waals surface area contributed by atoms with E-state index >= 15 is 0 Å². The van der Waals surface area contributed by atoms with Gasteiger partial charge in [0.25, 0.3) is 0 Å². The van der Waals surface area contributed by atoms with Crippen LogP contribution in [0.4, 0.5) is 10.5 Å². The van der Waals surface area contributed by atoms with E-state index in [1.54, 1.807) is 36.5 Å². The summed E-state index contributed by atoms with van der Waals surface area (Å²) >= 11 is 12.7. The lowest BCUT2D eigenvalue weighted by atomic mass is 10.1. The highest BCUT2D eigenvalue weighted by molar-refractivity contribution is 6.35. The van der Waals surface area contributed by atoms with Crippen molar-refractivity contribution in [1.82, 2.24) is 19.8 Å². The highest BCUT2D eigenvalue weighted by Gasteiger charge is 2.45. The standard InChI is InChI=1S/C29H33Cl2N5O6/c1-2-39-27(37)16-33-28(38)36-13-11-35(12-14-36)22-4-6-23(7-5-22)40-17-24-18-41-29(42-24,19-34-10-9-32-20-34)25-8-3-21(30)15-26(25)31/h3-10,15,20,24H,2,11-14,16-19H2,1H3,(H,33,38)/t24-,29-/m0/s1. The number of aromatic nitrogens is 2. The maximum Gasteiger partial charge on any atom is 0.325 e. The molecule has 2 fully saturated rings. The van der Waals surface area contributed by atoms with Crippen molar-refractivity contribution < 1.29 is 28.5 Å². The van der Waals surface area contributed by atoms with Gasteiger partial charge in [-0.2, -0.15) is 0 Å². The van der Waals surface area contributed by atoms with E-state index in [4.69, 9.17) is 42.1 Å². The third-order valence-corrected chi connectivity index (χ3v) is 7.59. The molecule has 0 unspecified atom stereocenters. The highest BCUT2D eigenvalue weighted by Crippen LogP contribution is 2.40. The van der Waals surface area contributed by atoms with Gasteiger partial charge in [-0.15, -0.1) is 0 Å². The van der Waals surface area contributed by atoms with Crippen molar-refractivity contribution >= 4 is 40.9 Å². The molecule has 2 amide bonds. The van der Waals surface area contributed by atoms with Crippen LogP contribution >= 0.6 is 23.2 Å². The summed E-state index contributed by atoms with van der Waals surface area (Å²) < 4.78 is 25.5. The van der Waals surface area contributed by atoms with Crippen LogP contribution in [0.3, 0.4) is 0 Å². The number of ether oxygens (including phenoxy) is 4. The predicted molar refractivity (Wildman–Crippen MR) is 157 cm³/mol. The zero-order chi connectivity index (χ0) is 29.5. The van der Waals surface area contributed by atoms with Gasteiger partial charge in [-0.3, -0.25) is 4.79 Å². The van der Waals surface area contributed by atoms with Gasteiger partial charge >= 0.3 is 12.0 Å². The topological polar surface area (TPSA) is 107 Å². The summed E-state index contributed by atoms with van der Waals surface area (Å²) in [6.07, 6.45) is 4.90. The molecular formula is C29H33Cl2N5O6. The zero-order valence-electron chi connectivity index (χ0n) is 23.2. The predicted octanol–water partition coefficient (Wildman–Crippen LogP) is 3.93. The molecule has 1 aromatic heterocycles. The molecule has 2 aliphatic heterocycles. The van der Waals surface area contributed by atoms with Gasteiger partial charge in [0.15, 0.2) is 0 Å². The fourth-order valence-corrected chi connectivity index (χ4v) is 5.51. The Kier molecular flexibility index (Phi) is 9.73. The molecule has 224 valence electrons. The summed E-state index contributed by atoms with van der Waals surface area (Å²) in [4.78, 5) is 31.9. The first-order chi connectivity index (χ1) is 20.3. The number of piperazine rings is 1. The molecule has 2 atom stereocenters. The Morgan fingerprint density at radius 2 is 1.90 bits per heavy atom. The summed E-state index contributed by atoms with van der Waals surface area (Å²) in [5.41, 5.74) is 1.72. The molecule has 11 nitrogen and oxygen atoms in total. The molecule has 2 aliphatic rings. The number of carbonyl (C=O) groups excluding carboxylic acids is 2. The van der Waals surface area contributed by atoms with Crippen molar-refractivity contribution in [3.8, 4) is 5.75 Å². The normalized spacial score (nSPS) is 20.4. The van der Waals surface area contributed by atoms with E-state index in [2.05, 4.69) is 15.2 Å². The molecule has 3 heterocycles. The summed E-state index contributed by atoms with van der Waals surface area (Å²) in [7, 11) is 0. The van der Waals surface area contributed by atoms with Gasteiger partial charge in [0, 0.05) is 54.8 Å². The van der Waals surface area contributed by atoms with Gasteiger partial charge in [-0.1, -0.05) is 29.3 Å². The average Bonchev–Trinajstić information content (AvgIpc) is 3.66. The van der Waals surface area contributed by atoms with Gasteiger partial charge < -0.3 is 38.6 Å². The van der Waals surface area contributed by atoms with Gasteiger partial charge in [0.1, 0.15) is 25.0 Å². The second kappa shape index (κ2) is 13.6. The lowest BCUT2D eigenvalue weighted by Gasteiger charge is -2.36. The van der Waals surface area contributed by atoms with Crippen LogP contribution in [0.1, 0.15) is 12.5 Å². The van der Waals surface area contributed by atoms with E-state index in [9.17, 15) is 9.59 Å². The minimum atomic E-state index is -1.11. The van der Waals surface area contributed by atoms with Crippen molar-refractivity contribution in [2.24, 2.45) is 0 Å². The van der Waals surface area contributed by atoms with E-state index in [0.717, 1.165) is 5.69 Å². The van der Waals surface area contributed by atoms with Crippen LogP contribution in [-0.4, -0.2) is 85.1 Å². The zero-order valence-corrected chi connectivity index (χ0v) is 24.7. The van der Waals surface area contributed by atoms with Gasteiger partial charge in [-0.05, 0) is 43.3 Å². The number of esters is 1. The van der Waals surface area contributed by atoms with Crippen LogP contribution in [0.2, 0.25) is 10.0 Å². The molecule has 0 spiro atoms. The van der Waals surface area contributed by atoms with Gasteiger partial charge in [0.2, 0.25) is 5.79 Å². The first-order valence-corrected chi connectivity index (χ1v) is 14.5. The Bertz CT molecular complexity index is 1350. The number of nitrogens with zero attached hydrogens (tertiary/aromatic N) is 4. The molecule has 42 heavy (non-hydrogen) atoms. The number of hydrogen-bond donors (Lipinski definition) is 1. The van der Waals surface area contributed by atoms with Crippen LogP contribution < -0.4 is 15.0 Å². The van der Waals surface area contributed by atoms with E-state index in [1.165, 1.54) is 0 Å². The van der Waals surface area contributed by atoms with E-state index < -0.39 is 11.8 Å². The number of rotatable bonds is 10. The Hall–Kier alpha value is -3.51. The maximum absolute atomic E-state index is 12.3. The van der Waals surface area contributed by atoms with Crippen molar-refractivity contribution in [3.05, 3.63) is 76.8 Å². The molecular weight excluding hydrogens is 585 g/mol. The molecule has 13 heteroatoms. The lowest BCUT2D eigenvalue weighted by Crippen LogP contribution is -2.52. The average molecular weight is 619 g/mol. The largest absolute Gasteiger partial charge is 0.491 e. The molecule has 0 aliphatic carbocycles. The smallest absolute Gasteiger partial charge is 0.325 e. The van der Waals surface area contributed by atoms with Crippen LogP contribution in [0.15, 0.2) is 61.2 Å². The van der Waals surface area contributed by atoms with Gasteiger partial charge in [0.05, 0.1) is 31.1 Å². The molecule has 5 rings (SSSR count). The summed E-state index contributed by atoms with van der Waals surface area (Å²) in [6, 6.07) is 12.8. The first-order valence-electron chi connectivity index (χ1n) is 13.7. The van der Waals surface area contributed by atoms with Crippen molar-refractivity contribution in [2.75, 3.05) is 57.4 Å². The Labute approximate surface area is 254 Å². The molecule has 3 aromatic rings. The number of halogens is 2. The minimum Gasteiger partial charge on any atom is -0.491 e. The number of urea groups is 1. The number of anilines is 1. The third kappa shape index (κ3) is 7.27. The first kappa shape index (κ1) is 30.0. The minimum absolute atomic E-state index is 0.132. The summed E-state index contributed by atoms with van der Waals surface area (Å²) in [5, 5.41) is 3.59. The van der Waals surface area contributed by atoms with Crippen LogP contribution in [0.5, 0.6) is 5.75 Å². The van der Waals surface area contributed by atoms with Crippen molar-refractivity contribution in [1.29, 1.82) is 0 Å². The Balaban J connectivity index is 1.13. The molecule has 0 bridgehead atoms. The SMILES string of the molecule is CCOC(=O)CNC(=O)N1CCN(c2ccc(OC[C@H]3CO[C@](Cn4ccnc4)(c4ccc(Cl)cc4Cl)O3)cc2)CC1. The number of amides is 2. The van der Waals surface area contributed by atoms with Crippen LogP contribution in [0.25, 0.3) is 0 Å². The molecule has 0 saturated carbocycles. The number of benzene rings is 2. The quantitative estimate of drug-likeness (QED) is 0.341.